The summed E-state index contributed by atoms with van der Waals surface area (Å²) in [5.74, 6) is 0.0360. The Morgan fingerprint density at radius 1 is 1.35 bits per heavy atom. The van der Waals surface area contributed by atoms with Gasteiger partial charge in [0.2, 0.25) is 0 Å². The maximum absolute atomic E-state index is 12.6. The SMILES string of the molecule is O=C(c1cccc(I)c1)N1CCCC(Oc2ncc(Cl)cn2)C1. The van der Waals surface area contributed by atoms with E-state index in [2.05, 4.69) is 32.6 Å². The molecule has 2 aromatic rings. The normalized spacial score (nSPS) is 17.8. The lowest BCUT2D eigenvalue weighted by Crippen LogP contribution is -2.44. The first-order valence-corrected chi connectivity index (χ1v) is 8.76. The molecule has 120 valence electrons. The van der Waals surface area contributed by atoms with E-state index in [9.17, 15) is 4.79 Å². The number of hydrogen-bond acceptors (Lipinski definition) is 4. The molecule has 5 nitrogen and oxygen atoms in total. The number of rotatable bonds is 3. The Balaban J connectivity index is 1.66. The van der Waals surface area contributed by atoms with Gasteiger partial charge in [-0.25, -0.2) is 9.97 Å². The van der Waals surface area contributed by atoms with Crippen LogP contribution < -0.4 is 4.74 Å². The minimum absolute atomic E-state index is 0.0360. The van der Waals surface area contributed by atoms with Crippen molar-refractivity contribution < 1.29 is 9.53 Å². The van der Waals surface area contributed by atoms with Gasteiger partial charge in [-0.2, -0.15) is 0 Å². The number of likely N-dealkylation sites (tertiary alicyclic amines) is 1. The number of aromatic nitrogens is 2. The first-order chi connectivity index (χ1) is 11.1. The summed E-state index contributed by atoms with van der Waals surface area (Å²) < 4.78 is 6.82. The summed E-state index contributed by atoms with van der Waals surface area (Å²) in [5, 5.41) is 0.469. The fraction of sp³-hybridized carbons (Fsp3) is 0.312. The van der Waals surface area contributed by atoms with Crippen molar-refractivity contribution in [3.8, 4) is 6.01 Å². The fourth-order valence-electron chi connectivity index (χ4n) is 2.53. The van der Waals surface area contributed by atoms with Gasteiger partial charge in [-0.05, 0) is 53.6 Å². The van der Waals surface area contributed by atoms with Crippen LogP contribution in [-0.4, -0.2) is 40.0 Å². The lowest BCUT2D eigenvalue weighted by molar-refractivity contribution is 0.0516. The monoisotopic (exact) mass is 443 g/mol. The molecule has 0 N–H and O–H groups in total. The molecule has 2 heterocycles. The molecule has 1 aliphatic heterocycles. The highest BCUT2D eigenvalue weighted by molar-refractivity contribution is 14.1. The molecule has 1 unspecified atom stereocenters. The van der Waals surface area contributed by atoms with E-state index in [0.29, 0.717) is 23.1 Å². The topological polar surface area (TPSA) is 55.3 Å². The number of carbonyl (C=O) groups is 1. The second kappa shape index (κ2) is 7.44. The van der Waals surface area contributed by atoms with E-state index in [1.165, 1.54) is 12.4 Å². The summed E-state index contributed by atoms with van der Waals surface area (Å²) in [7, 11) is 0. The second-order valence-electron chi connectivity index (χ2n) is 5.33. The van der Waals surface area contributed by atoms with Crippen LogP contribution in [0.3, 0.4) is 0 Å². The number of amides is 1. The third kappa shape index (κ3) is 4.32. The molecule has 7 heteroatoms. The molecule has 1 saturated heterocycles. The van der Waals surface area contributed by atoms with Crippen molar-refractivity contribution in [1.29, 1.82) is 0 Å². The Labute approximate surface area is 153 Å². The van der Waals surface area contributed by atoms with Crippen LogP contribution in [-0.2, 0) is 0 Å². The van der Waals surface area contributed by atoms with Crippen LogP contribution in [0.5, 0.6) is 6.01 Å². The maximum Gasteiger partial charge on any atom is 0.316 e. The van der Waals surface area contributed by atoms with Crippen LogP contribution in [0.15, 0.2) is 36.7 Å². The number of piperidine rings is 1. The molecule has 3 rings (SSSR count). The van der Waals surface area contributed by atoms with Gasteiger partial charge < -0.3 is 9.64 Å². The lowest BCUT2D eigenvalue weighted by Gasteiger charge is -2.32. The highest BCUT2D eigenvalue weighted by atomic mass is 127. The summed E-state index contributed by atoms with van der Waals surface area (Å²) in [6.07, 6.45) is 4.68. The second-order valence-corrected chi connectivity index (χ2v) is 7.01. The zero-order valence-corrected chi connectivity index (χ0v) is 15.2. The van der Waals surface area contributed by atoms with E-state index in [4.69, 9.17) is 16.3 Å². The summed E-state index contributed by atoms with van der Waals surface area (Å²) >= 11 is 7.97. The van der Waals surface area contributed by atoms with Crippen molar-refractivity contribution in [1.82, 2.24) is 14.9 Å². The van der Waals surface area contributed by atoms with Gasteiger partial charge >= 0.3 is 6.01 Å². The van der Waals surface area contributed by atoms with Crippen LogP contribution in [0.2, 0.25) is 5.02 Å². The number of carbonyl (C=O) groups excluding carboxylic acids is 1. The van der Waals surface area contributed by atoms with Gasteiger partial charge in [0.15, 0.2) is 0 Å². The van der Waals surface area contributed by atoms with Crippen molar-refractivity contribution in [2.24, 2.45) is 0 Å². The minimum atomic E-state index is -0.100. The quantitative estimate of drug-likeness (QED) is 0.682. The van der Waals surface area contributed by atoms with Gasteiger partial charge in [0.05, 0.1) is 24.0 Å². The Bertz CT molecular complexity index is 696. The first kappa shape index (κ1) is 16.4. The van der Waals surface area contributed by atoms with E-state index < -0.39 is 0 Å². The highest BCUT2D eigenvalue weighted by Crippen LogP contribution is 2.19. The van der Waals surface area contributed by atoms with Gasteiger partial charge in [-0.1, -0.05) is 17.7 Å². The largest absolute Gasteiger partial charge is 0.458 e. The molecule has 0 saturated carbocycles. The first-order valence-electron chi connectivity index (χ1n) is 7.31. The minimum Gasteiger partial charge on any atom is -0.458 e. The standard InChI is InChI=1S/C16H15ClIN3O2/c17-12-8-19-16(20-9-12)23-14-5-2-6-21(10-14)15(22)11-3-1-4-13(18)7-11/h1,3-4,7-9,14H,2,5-6,10H2. The van der Waals surface area contributed by atoms with Crippen LogP contribution in [0.25, 0.3) is 0 Å². The fourth-order valence-corrected chi connectivity index (χ4v) is 3.17. The molecule has 1 fully saturated rings. The molecule has 1 aromatic carbocycles. The molecule has 23 heavy (non-hydrogen) atoms. The molecule has 1 aliphatic rings. The van der Waals surface area contributed by atoms with Crippen LogP contribution >= 0.6 is 34.2 Å². The van der Waals surface area contributed by atoms with Crippen molar-refractivity contribution in [2.75, 3.05) is 13.1 Å². The number of nitrogens with zero attached hydrogens (tertiary/aromatic N) is 3. The Hall–Kier alpha value is -1.41. The van der Waals surface area contributed by atoms with Crippen molar-refractivity contribution in [2.45, 2.75) is 18.9 Å². The van der Waals surface area contributed by atoms with Gasteiger partial charge in [-0.15, -0.1) is 0 Å². The van der Waals surface area contributed by atoms with Gasteiger partial charge in [0.1, 0.15) is 6.10 Å². The molecule has 1 amide bonds. The highest BCUT2D eigenvalue weighted by Gasteiger charge is 2.26. The van der Waals surface area contributed by atoms with Gasteiger partial charge in [0.25, 0.3) is 5.91 Å². The van der Waals surface area contributed by atoms with Crippen molar-refractivity contribution in [3.05, 3.63) is 50.8 Å². The lowest BCUT2D eigenvalue weighted by atomic mass is 10.1. The zero-order valence-electron chi connectivity index (χ0n) is 12.3. The maximum atomic E-state index is 12.6. The Morgan fingerprint density at radius 3 is 2.87 bits per heavy atom. The predicted octanol–water partition coefficient (Wildman–Crippen LogP) is 3.42. The molecule has 0 bridgehead atoms. The predicted molar refractivity (Wildman–Crippen MR) is 95.8 cm³/mol. The van der Waals surface area contributed by atoms with E-state index >= 15 is 0 Å². The van der Waals surface area contributed by atoms with Crippen molar-refractivity contribution >= 4 is 40.1 Å². The Kier molecular flexibility index (Phi) is 5.32. The van der Waals surface area contributed by atoms with Crippen LogP contribution in [0.4, 0.5) is 0 Å². The van der Waals surface area contributed by atoms with E-state index in [-0.39, 0.29) is 12.0 Å². The molecule has 0 aliphatic carbocycles. The summed E-state index contributed by atoms with van der Waals surface area (Å²) in [5.41, 5.74) is 0.709. The molecular formula is C16H15ClIN3O2. The Morgan fingerprint density at radius 2 is 2.13 bits per heavy atom. The van der Waals surface area contributed by atoms with Gasteiger partial charge in [-0.3, -0.25) is 4.79 Å². The van der Waals surface area contributed by atoms with Gasteiger partial charge in [0, 0.05) is 15.7 Å². The molecule has 0 spiro atoms. The third-order valence-corrected chi connectivity index (χ3v) is 4.47. The number of ether oxygens (including phenoxy) is 1. The smallest absolute Gasteiger partial charge is 0.316 e. The number of benzene rings is 1. The van der Waals surface area contributed by atoms with E-state index in [0.717, 1.165) is 23.0 Å². The number of halogens is 2. The average molecular weight is 444 g/mol. The summed E-state index contributed by atoms with van der Waals surface area (Å²) in [4.78, 5) is 22.5. The average Bonchev–Trinajstić information content (AvgIpc) is 2.56. The van der Waals surface area contributed by atoms with Crippen LogP contribution in [0.1, 0.15) is 23.2 Å². The molecular weight excluding hydrogens is 429 g/mol. The zero-order chi connectivity index (χ0) is 16.2. The van der Waals surface area contributed by atoms with Crippen LogP contribution in [0, 0.1) is 3.57 Å². The van der Waals surface area contributed by atoms with Crippen molar-refractivity contribution in [3.63, 3.8) is 0 Å². The summed E-state index contributed by atoms with van der Waals surface area (Å²) in [6.45, 7) is 1.28. The van der Waals surface area contributed by atoms with E-state index in [1.807, 2.05) is 29.2 Å². The third-order valence-electron chi connectivity index (χ3n) is 3.61. The van der Waals surface area contributed by atoms with E-state index in [1.54, 1.807) is 0 Å². The number of hydrogen-bond donors (Lipinski definition) is 0. The summed E-state index contributed by atoms with van der Waals surface area (Å²) in [6, 6.07) is 7.90. The molecule has 1 atom stereocenters. The molecule has 1 aromatic heterocycles. The molecule has 0 radical (unpaired) electrons.